The summed E-state index contributed by atoms with van der Waals surface area (Å²) in [5.41, 5.74) is 14.8. The van der Waals surface area contributed by atoms with E-state index in [9.17, 15) is 24.0 Å². The average Bonchev–Trinajstić information content (AvgIpc) is 3.00. The number of carbonyl (C=O) groups excluding carboxylic acids is 1. The number of carboxylic acid groups (broad SMARTS) is 7. The van der Waals surface area contributed by atoms with Crippen LogP contribution in [0.2, 0.25) is 0 Å². The summed E-state index contributed by atoms with van der Waals surface area (Å²) in [7, 11) is 0. The maximum absolute atomic E-state index is 10.1. The second kappa shape index (κ2) is 45.8. The fraction of sp³-hybridized carbons (Fsp3) is 0.625. The third kappa shape index (κ3) is 76.6. The maximum Gasteiger partial charge on any atom is 2.00 e. The normalized spacial score (nSPS) is 17.2. The molecule has 0 radical (unpaired) electrons. The van der Waals surface area contributed by atoms with Gasteiger partial charge in [-0.15, -0.1) is 0 Å². The zero-order valence-electron chi connectivity index (χ0n) is 29.9. The third-order valence-corrected chi connectivity index (χ3v) is 5.54. The molecule has 0 heterocycles. The molecule has 2 aliphatic carbocycles. The van der Waals surface area contributed by atoms with Gasteiger partial charge in [0, 0.05) is 26.2 Å². The van der Waals surface area contributed by atoms with Crippen LogP contribution in [0, 0.1) is 25.7 Å². The number of hydrogen-bond acceptors (Lipinski definition) is 9. The summed E-state index contributed by atoms with van der Waals surface area (Å²) in [4.78, 5) is 75.1. The van der Waals surface area contributed by atoms with Crippen molar-refractivity contribution in [1.29, 1.82) is 0 Å². The number of aliphatic hydroxyl groups excluding tert-OH is 1. The minimum atomic E-state index is -1.82. The predicted molar refractivity (Wildman–Crippen MR) is 182 cm³/mol. The number of nitrogens with one attached hydrogen (secondary N) is 2. The van der Waals surface area contributed by atoms with E-state index in [0.717, 1.165) is 19.8 Å². The van der Waals surface area contributed by atoms with Crippen LogP contribution >= 0.6 is 0 Å². The molecule has 0 amide bonds. The molecule has 4 unspecified atom stereocenters. The first-order valence-corrected chi connectivity index (χ1v) is 15.3. The molecular weight excluding hydrogens is 1060 g/mol. The predicted octanol–water partition coefficient (Wildman–Crippen LogP) is 5.65. The molecule has 0 aromatic rings. The second-order valence-corrected chi connectivity index (χ2v) is 10.3. The van der Waals surface area contributed by atoms with Crippen molar-refractivity contribution in [3.63, 3.8) is 0 Å². The van der Waals surface area contributed by atoms with Crippen LogP contribution in [0.3, 0.4) is 0 Å². The fourth-order valence-corrected chi connectivity index (χ4v) is 2.70. The van der Waals surface area contributed by atoms with E-state index in [1.54, 1.807) is 13.8 Å². The van der Waals surface area contributed by atoms with E-state index in [1.807, 2.05) is 0 Å². The van der Waals surface area contributed by atoms with Crippen LogP contribution in [0.1, 0.15) is 105 Å². The van der Waals surface area contributed by atoms with Gasteiger partial charge < -0.3 is 71.0 Å². The Labute approximate surface area is 333 Å². The number of aliphatic carboxylic acids is 7. The average molecular weight is 1110 g/mol. The second-order valence-electron chi connectivity index (χ2n) is 10.3. The van der Waals surface area contributed by atoms with Crippen molar-refractivity contribution in [2.24, 2.45) is 11.8 Å². The Morgan fingerprint density at radius 1 is 0.558 bits per heavy atom. The summed E-state index contributed by atoms with van der Waals surface area (Å²) in [5, 5.41) is 61.1. The van der Waals surface area contributed by atoms with Gasteiger partial charge in [0.2, 0.25) is 0 Å². The molecule has 0 aromatic heterocycles. The molecule has 0 aliphatic heterocycles. The van der Waals surface area contributed by atoms with Gasteiger partial charge in [-0.05, 0) is 13.5 Å². The zero-order valence-corrected chi connectivity index (χ0v) is 34.4. The first-order chi connectivity index (χ1) is 22.8. The molecule has 0 spiro atoms. The molecule has 10 N–H and O–H groups in total. The Kier molecular flexibility index (Phi) is 59.0. The van der Waals surface area contributed by atoms with Gasteiger partial charge in [0.1, 0.15) is 5.78 Å². The third-order valence-electron chi connectivity index (χ3n) is 5.54. The maximum atomic E-state index is 10.1. The van der Waals surface area contributed by atoms with Gasteiger partial charge >= 0.3 is 77.9 Å². The van der Waals surface area contributed by atoms with Crippen LogP contribution < -0.4 is 0 Å². The van der Waals surface area contributed by atoms with Gasteiger partial charge in [-0.1, -0.05) is 65.2 Å². The number of Topliss-reactive ketones (excluding diaryl/α,β-unsaturated/α-hetero) is 1. The molecule has 2 rings (SSSR count). The Morgan fingerprint density at radius 3 is 0.865 bits per heavy atom. The van der Waals surface area contributed by atoms with Crippen LogP contribution in [0.25, 0.3) is 11.5 Å². The Hall–Kier alpha value is -3.20. The van der Waals surface area contributed by atoms with Crippen molar-refractivity contribution in [2.45, 2.75) is 117 Å². The molecule has 20 heteroatoms. The van der Waals surface area contributed by atoms with Crippen molar-refractivity contribution in [3.05, 3.63) is 37.7 Å². The molecule has 52 heavy (non-hydrogen) atoms. The first-order valence-electron chi connectivity index (χ1n) is 15.3. The molecule has 0 aromatic carbocycles. The van der Waals surface area contributed by atoms with E-state index >= 15 is 0 Å². The minimum Gasteiger partial charge on any atom is -0.677 e. The molecule has 18 nitrogen and oxygen atoms in total. The van der Waals surface area contributed by atoms with Crippen molar-refractivity contribution < 1.29 is 121 Å². The molecule has 2 aliphatic rings. The van der Waals surface area contributed by atoms with E-state index < -0.39 is 47.5 Å². The van der Waals surface area contributed by atoms with Gasteiger partial charge in [-0.25, -0.2) is 14.4 Å². The number of hydrogen-bond donors (Lipinski definition) is 8. The van der Waals surface area contributed by atoms with Gasteiger partial charge in [0.05, 0.1) is 6.42 Å². The molecule has 4 atom stereocenters. The van der Waals surface area contributed by atoms with E-state index in [0.29, 0.717) is 11.8 Å². The zero-order chi connectivity index (χ0) is 41.0. The Morgan fingerprint density at radius 2 is 0.788 bits per heavy atom. The topological polar surface area (TPSA) is 346 Å². The van der Waals surface area contributed by atoms with Gasteiger partial charge in [0.25, 0.3) is 5.97 Å². The van der Waals surface area contributed by atoms with Crippen molar-refractivity contribution in [1.82, 2.24) is 0 Å². The summed E-state index contributed by atoms with van der Waals surface area (Å²) < 4.78 is 0. The monoisotopic (exact) mass is 1110 g/mol. The molecule has 0 bridgehead atoms. The van der Waals surface area contributed by atoms with Crippen LogP contribution in [-0.2, 0) is 80.5 Å². The largest absolute Gasteiger partial charge is 2.00 e. The van der Waals surface area contributed by atoms with Crippen LogP contribution in [0.5, 0.6) is 0 Å². The quantitative estimate of drug-likeness (QED) is 0.0689. The van der Waals surface area contributed by atoms with Crippen molar-refractivity contribution in [2.75, 3.05) is 0 Å². The summed E-state index contributed by atoms with van der Waals surface area (Å²) in [6.45, 7) is 16.2. The molecule has 2 fully saturated rings. The SMILES string of the molecule is C=C(O)C(=O)O.CC(=O)CCC(=O)O.CC(=O)O.CCC(=O)O.CCC(=O)O.O=C(O)C(=O)O.[CH2-]C1CCCCC1[NH-].[CH2-]C1CCCCC1[NH-].[Pt+2].[Pt+2]. The van der Waals surface area contributed by atoms with Crippen LogP contribution in [-0.4, -0.2) is 101 Å². The molecule has 2 saturated carbocycles. The number of carboxylic acids is 7. The van der Waals surface area contributed by atoms with E-state index in [4.69, 9.17) is 66.7 Å². The van der Waals surface area contributed by atoms with Gasteiger partial charge in [-0.3, -0.25) is 19.2 Å². The summed E-state index contributed by atoms with van der Waals surface area (Å²) in [5.74, 6) is -8.33. The van der Waals surface area contributed by atoms with E-state index in [1.165, 1.54) is 45.4 Å². The summed E-state index contributed by atoms with van der Waals surface area (Å²) >= 11 is 0. The number of rotatable bonds is 6. The number of ketones is 1. The Balaban J connectivity index is -0.0000000713. The smallest absolute Gasteiger partial charge is 0.677 e. The first kappa shape index (κ1) is 67.0. The van der Waals surface area contributed by atoms with Gasteiger partial charge in [-0.2, -0.15) is 23.9 Å². The fourth-order valence-electron chi connectivity index (χ4n) is 2.70. The van der Waals surface area contributed by atoms with Crippen molar-refractivity contribution >= 4 is 47.6 Å². The number of carbonyl (C=O) groups is 8. The van der Waals surface area contributed by atoms with Crippen LogP contribution in [0.4, 0.5) is 0 Å². The standard InChI is InChI=1S/2C7H13N.C5H8O3.C3H4O3.2C3H6O2.C2H2O4.C2H4O2.2Pt/c2*1-6-4-2-3-5-7(6)8;1-4(6)2-3-5(7)8;1-2(4)3(5)6;2*1-2-3(4)5;3-1(4)2(5)6;1-2(3)4;;/h2*6-8H,1-5H2;2-3H2,1H3,(H,7,8);4H,1H2,(H,5,6);2*2H2,1H3,(H,4,5);(H,3,4)(H,5,6);1H3,(H,3,4);;/q2*-2;;;;;;;2*+2. The molecule has 310 valence electrons. The molecule has 0 saturated heterocycles. The summed E-state index contributed by atoms with van der Waals surface area (Å²) in [6.07, 6.45) is 10.1. The van der Waals surface area contributed by atoms with Crippen molar-refractivity contribution in [3.8, 4) is 0 Å². The Bertz CT molecular complexity index is 893. The van der Waals surface area contributed by atoms with E-state index in [2.05, 4.69) is 20.4 Å². The summed E-state index contributed by atoms with van der Waals surface area (Å²) in [6, 6.07) is 0.285. The molecular formula is C32H56N2O16Pt2. The van der Waals surface area contributed by atoms with Gasteiger partial charge in [0.15, 0.2) is 5.76 Å². The van der Waals surface area contributed by atoms with E-state index in [-0.39, 0.29) is 85.7 Å². The van der Waals surface area contributed by atoms with Crippen LogP contribution in [0.15, 0.2) is 12.3 Å². The number of aliphatic hydroxyl groups is 1. The minimum absolute atomic E-state index is 0.